The summed E-state index contributed by atoms with van der Waals surface area (Å²) in [6.45, 7) is 3.62. The Morgan fingerprint density at radius 2 is 1.83 bits per heavy atom. The number of rotatable bonds is 5. The summed E-state index contributed by atoms with van der Waals surface area (Å²) in [5.74, 6) is 2.68. The minimum Gasteiger partial charge on any atom is -0.305 e. The van der Waals surface area contributed by atoms with Gasteiger partial charge in [-0.05, 0) is 51.6 Å². The average Bonchev–Trinajstić information content (AvgIpc) is 3.36. The van der Waals surface area contributed by atoms with Gasteiger partial charge in [0.25, 0.3) is 0 Å². The summed E-state index contributed by atoms with van der Waals surface area (Å²) in [5.41, 5.74) is 2.99. The van der Waals surface area contributed by atoms with E-state index in [1.165, 1.54) is 50.0 Å². The second-order valence-corrected chi connectivity index (χ2v) is 7.68. The largest absolute Gasteiger partial charge is 0.305 e. The van der Waals surface area contributed by atoms with Crippen molar-refractivity contribution in [3.05, 3.63) is 17.5 Å². The van der Waals surface area contributed by atoms with Crippen LogP contribution in [0.1, 0.15) is 42.9 Å². The van der Waals surface area contributed by atoms with Gasteiger partial charge in [-0.3, -0.25) is 9.58 Å². The first-order chi connectivity index (χ1) is 10.1. The lowest BCUT2D eigenvalue weighted by molar-refractivity contribution is 0.233. The second-order valence-electron chi connectivity index (χ2n) is 7.68. The molecule has 4 rings (SSSR count). The molecule has 0 bridgehead atoms. The van der Waals surface area contributed by atoms with Gasteiger partial charge in [-0.25, -0.2) is 0 Å². The van der Waals surface area contributed by atoms with Crippen molar-refractivity contribution in [3.8, 4) is 0 Å². The minimum atomic E-state index is 0. The number of likely N-dealkylation sites (tertiary alicyclic amines) is 1. The summed E-state index contributed by atoms with van der Waals surface area (Å²) in [7, 11) is 6.61. The molecule has 2 heterocycles. The summed E-state index contributed by atoms with van der Waals surface area (Å²) in [5, 5.41) is 4.52. The van der Waals surface area contributed by atoms with E-state index in [9.17, 15) is 0 Å². The first-order valence-corrected chi connectivity index (χ1v) is 8.53. The molecule has 1 aliphatic heterocycles. The van der Waals surface area contributed by atoms with Crippen LogP contribution >= 0.6 is 24.8 Å². The van der Waals surface area contributed by atoms with Gasteiger partial charge in [0.1, 0.15) is 0 Å². The molecule has 3 fully saturated rings. The molecule has 0 radical (unpaired) electrons. The van der Waals surface area contributed by atoms with Gasteiger partial charge in [-0.2, -0.15) is 5.10 Å². The number of hydrogen-bond donors (Lipinski definition) is 0. The molecule has 1 saturated heterocycles. The Balaban J connectivity index is 0.000000960. The topological polar surface area (TPSA) is 24.3 Å². The van der Waals surface area contributed by atoms with Crippen molar-refractivity contribution in [2.24, 2.45) is 18.9 Å². The van der Waals surface area contributed by atoms with E-state index in [4.69, 9.17) is 0 Å². The van der Waals surface area contributed by atoms with Crippen molar-refractivity contribution in [2.45, 2.75) is 44.2 Å². The van der Waals surface area contributed by atoms with Crippen LogP contribution in [0.4, 0.5) is 0 Å². The van der Waals surface area contributed by atoms with E-state index in [0.29, 0.717) is 0 Å². The van der Waals surface area contributed by atoms with Crippen LogP contribution < -0.4 is 0 Å². The monoisotopic (exact) mass is 360 g/mol. The van der Waals surface area contributed by atoms with E-state index >= 15 is 0 Å². The molecule has 2 atom stereocenters. The van der Waals surface area contributed by atoms with Crippen molar-refractivity contribution in [1.82, 2.24) is 19.6 Å². The van der Waals surface area contributed by atoms with Gasteiger partial charge < -0.3 is 4.90 Å². The lowest BCUT2D eigenvalue weighted by Crippen LogP contribution is -2.36. The maximum absolute atomic E-state index is 4.52. The zero-order chi connectivity index (χ0) is 14.6. The van der Waals surface area contributed by atoms with Crippen molar-refractivity contribution >= 4 is 24.8 Å². The smallest absolute Gasteiger partial charge is 0.0537 e. The molecular weight excluding hydrogens is 331 g/mol. The van der Waals surface area contributed by atoms with Crippen LogP contribution in [0.2, 0.25) is 0 Å². The van der Waals surface area contributed by atoms with Crippen LogP contribution in [-0.2, 0) is 13.6 Å². The fourth-order valence-corrected chi connectivity index (χ4v) is 4.30. The van der Waals surface area contributed by atoms with Crippen LogP contribution in [0.25, 0.3) is 0 Å². The molecule has 23 heavy (non-hydrogen) atoms. The molecule has 1 aromatic rings. The van der Waals surface area contributed by atoms with Gasteiger partial charge in [0.15, 0.2) is 0 Å². The maximum atomic E-state index is 4.52. The van der Waals surface area contributed by atoms with Crippen molar-refractivity contribution < 1.29 is 0 Å². The van der Waals surface area contributed by atoms with Crippen LogP contribution in [0.15, 0.2) is 6.20 Å². The fraction of sp³-hybridized carbons (Fsp3) is 0.824. The van der Waals surface area contributed by atoms with Crippen LogP contribution in [0, 0.1) is 11.8 Å². The van der Waals surface area contributed by atoms with E-state index in [2.05, 4.69) is 46.9 Å². The maximum Gasteiger partial charge on any atom is 0.0537 e. The highest BCUT2D eigenvalue weighted by atomic mass is 35.5. The Bertz CT molecular complexity index is 513. The Kier molecular flexibility index (Phi) is 6.04. The van der Waals surface area contributed by atoms with Gasteiger partial charge in [-0.15, -0.1) is 24.8 Å². The third-order valence-corrected chi connectivity index (χ3v) is 5.72. The predicted molar refractivity (Wildman–Crippen MR) is 98.6 cm³/mol. The first kappa shape index (κ1) is 19.0. The normalized spacial score (nSPS) is 27.8. The summed E-state index contributed by atoms with van der Waals surface area (Å²) in [6, 6.07) is 0.749. The van der Waals surface area contributed by atoms with Gasteiger partial charge in [0, 0.05) is 49.9 Å². The summed E-state index contributed by atoms with van der Waals surface area (Å²) in [6.07, 6.45) is 7.75. The third-order valence-electron chi connectivity index (χ3n) is 5.72. The molecule has 0 aromatic carbocycles. The molecular formula is C17H30Cl2N4. The molecule has 0 amide bonds. The standard InChI is InChI=1S/C17H28N4.2ClH/c1-19(2)16-11-21(10-15(16)12-4-5-12)9-14-8-18-20(3)17(14)13-6-7-13;;/h8,12-13,15-16H,4-7,9-11H2,1-3H3;2*1H/t15-,16+;;/m1../s1. The molecule has 6 heteroatoms. The predicted octanol–water partition coefficient (Wildman–Crippen LogP) is 2.91. The molecule has 0 spiro atoms. The van der Waals surface area contributed by atoms with Crippen molar-refractivity contribution in [1.29, 1.82) is 0 Å². The molecule has 1 aromatic heterocycles. The zero-order valence-corrected chi connectivity index (χ0v) is 16.1. The highest BCUT2D eigenvalue weighted by molar-refractivity contribution is 5.85. The Morgan fingerprint density at radius 3 is 2.39 bits per heavy atom. The highest BCUT2D eigenvalue weighted by Crippen LogP contribution is 2.44. The molecule has 4 nitrogen and oxygen atoms in total. The highest BCUT2D eigenvalue weighted by Gasteiger charge is 2.43. The van der Waals surface area contributed by atoms with Crippen LogP contribution in [0.3, 0.4) is 0 Å². The Hall–Kier alpha value is -0.290. The van der Waals surface area contributed by atoms with Crippen molar-refractivity contribution in [2.75, 3.05) is 27.2 Å². The lowest BCUT2D eigenvalue weighted by Gasteiger charge is -2.25. The van der Waals surface area contributed by atoms with Crippen molar-refractivity contribution in [3.63, 3.8) is 0 Å². The fourth-order valence-electron chi connectivity index (χ4n) is 4.30. The minimum absolute atomic E-state index is 0. The van der Waals surface area contributed by atoms with E-state index in [0.717, 1.165) is 30.3 Å². The second kappa shape index (κ2) is 7.30. The van der Waals surface area contributed by atoms with Gasteiger partial charge in [-0.1, -0.05) is 0 Å². The summed E-state index contributed by atoms with van der Waals surface area (Å²) < 4.78 is 2.12. The third kappa shape index (κ3) is 3.87. The average molecular weight is 361 g/mol. The first-order valence-electron chi connectivity index (χ1n) is 8.53. The Labute approximate surface area is 152 Å². The number of likely N-dealkylation sites (N-methyl/N-ethyl adjacent to an activating group) is 1. The van der Waals surface area contributed by atoms with Gasteiger partial charge >= 0.3 is 0 Å². The van der Waals surface area contributed by atoms with Gasteiger partial charge in [0.2, 0.25) is 0 Å². The molecule has 2 saturated carbocycles. The zero-order valence-electron chi connectivity index (χ0n) is 14.4. The van der Waals surface area contributed by atoms with Crippen LogP contribution in [-0.4, -0.2) is 52.8 Å². The summed E-state index contributed by atoms with van der Waals surface area (Å²) in [4.78, 5) is 5.13. The molecule has 2 aliphatic carbocycles. The lowest BCUT2D eigenvalue weighted by atomic mass is 9.97. The van der Waals surface area contributed by atoms with E-state index in [-0.39, 0.29) is 24.8 Å². The number of hydrogen-bond acceptors (Lipinski definition) is 3. The molecule has 132 valence electrons. The van der Waals surface area contributed by atoms with E-state index < -0.39 is 0 Å². The number of aromatic nitrogens is 2. The number of nitrogens with zero attached hydrogens (tertiary/aromatic N) is 4. The van der Waals surface area contributed by atoms with Gasteiger partial charge in [0.05, 0.1) is 6.20 Å². The van der Waals surface area contributed by atoms with E-state index in [1.807, 2.05) is 0 Å². The molecule has 0 unspecified atom stereocenters. The quantitative estimate of drug-likeness (QED) is 0.806. The Morgan fingerprint density at radius 1 is 1.13 bits per heavy atom. The molecule has 0 N–H and O–H groups in total. The number of aryl methyl sites for hydroxylation is 1. The summed E-state index contributed by atoms with van der Waals surface area (Å²) >= 11 is 0. The SMILES string of the molecule is CN(C)[C@H]1CN(Cc2cnn(C)c2C2CC2)C[C@@H]1C1CC1.Cl.Cl. The van der Waals surface area contributed by atoms with Crippen LogP contribution in [0.5, 0.6) is 0 Å². The molecule has 3 aliphatic rings. The van der Waals surface area contributed by atoms with E-state index in [1.54, 1.807) is 0 Å². The number of halogens is 2.